The Labute approximate surface area is 136 Å². The standard InChI is InChI=1S/C15H22N4O3S/c1-3-14-13-8-12(10-17-15(13)22-18-14)23(20,21)19-6-4-11(5-7-19)9-16-2/h8,10-11,16H,3-7,9H2,1-2H3. The van der Waals surface area contributed by atoms with Crippen LogP contribution in [0.15, 0.2) is 21.7 Å². The molecule has 0 unspecified atom stereocenters. The molecule has 0 bridgehead atoms. The van der Waals surface area contributed by atoms with E-state index in [1.54, 1.807) is 10.4 Å². The number of pyridine rings is 1. The molecule has 0 atom stereocenters. The summed E-state index contributed by atoms with van der Waals surface area (Å²) in [6.07, 6.45) is 3.79. The first-order valence-corrected chi connectivity index (χ1v) is 9.39. The van der Waals surface area contributed by atoms with E-state index in [4.69, 9.17) is 4.52 Å². The van der Waals surface area contributed by atoms with Crippen LogP contribution in [0, 0.1) is 5.92 Å². The Morgan fingerprint density at radius 1 is 1.39 bits per heavy atom. The lowest BCUT2D eigenvalue weighted by Gasteiger charge is -2.31. The fourth-order valence-corrected chi connectivity index (χ4v) is 4.49. The molecule has 1 N–H and O–H groups in total. The van der Waals surface area contributed by atoms with Gasteiger partial charge in [-0.2, -0.15) is 4.31 Å². The molecule has 0 amide bonds. The molecule has 0 radical (unpaired) electrons. The van der Waals surface area contributed by atoms with Crippen LogP contribution in [0.1, 0.15) is 25.5 Å². The van der Waals surface area contributed by atoms with E-state index in [1.807, 2.05) is 14.0 Å². The minimum Gasteiger partial charge on any atom is -0.336 e. The Bertz CT molecular complexity index is 779. The van der Waals surface area contributed by atoms with Gasteiger partial charge in [0.1, 0.15) is 4.90 Å². The Morgan fingerprint density at radius 3 is 2.78 bits per heavy atom. The van der Waals surface area contributed by atoms with Crippen LogP contribution in [0.5, 0.6) is 0 Å². The van der Waals surface area contributed by atoms with Gasteiger partial charge in [0.15, 0.2) is 0 Å². The average Bonchev–Trinajstić information content (AvgIpc) is 2.98. The predicted octanol–water partition coefficient (Wildman–Crippen LogP) is 1.41. The molecule has 8 heteroatoms. The zero-order valence-corrected chi connectivity index (χ0v) is 14.3. The summed E-state index contributed by atoms with van der Waals surface area (Å²) >= 11 is 0. The molecule has 2 aromatic heterocycles. The molecule has 3 heterocycles. The summed E-state index contributed by atoms with van der Waals surface area (Å²) < 4.78 is 32.3. The molecule has 0 saturated carbocycles. The molecule has 1 saturated heterocycles. The van der Waals surface area contributed by atoms with Crippen LogP contribution < -0.4 is 5.32 Å². The van der Waals surface area contributed by atoms with Gasteiger partial charge in [-0.15, -0.1) is 0 Å². The lowest BCUT2D eigenvalue weighted by atomic mass is 9.98. The third kappa shape index (κ3) is 3.11. The highest BCUT2D eigenvalue weighted by molar-refractivity contribution is 7.89. The van der Waals surface area contributed by atoms with Crippen molar-refractivity contribution in [3.8, 4) is 0 Å². The van der Waals surface area contributed by atoms with Crippen molar-refractivity contribution in [1.29, 1.82) is 0 Å². The third-order valence-corrected chi connectivity index (χ3v) is 6.28. The van der Waals surface area contributed by atoms with Crippen LogP contribution in [-0.4, -0.2) is 49.5 Å². The van der Waals surface area contributed by atoms with Gasteiger partial charge in [0.2, 0.25) is 10.0 Å². The summed E-state index contributed by atoms with van der Waals surface area (Å²) in [5, 5.41) is 7.76. The molecule has 3 rings (SSSR count). The molecule has 1 aliphatic heterocycles. The van der Waals surface area contributed by atoms with Crippen molar-refractivity contribution in [3.63, 3.8) is 0 Å². The highest BCUT2D eigenvalue weighted by Crippen LogP contribution is 2.26. The number of hydrogen-bond donors (Lipinski definition) is 1. The lowest BCUT2D eigenvalue weighted by molar-refractivity contribution is 0.270. The van der Waals surface area contributed by atoms with Gasteiger partial charge in [-0.1, -0.05) is 12.1 Å². The van der Waals surface area contributed by atoms with E-state index in [2.05, 4.69) is 15.5 Å². The summed E-state index contributed by atoms with van der Waals surface area (Å²) in [7, 11) is -1.59. The largest absolute Gasteiger partial charge is 0.336 e. The molecular formula is C15H22N4O3S. The van der Waals surface area contributed by atoms with Gasteiger partial charge in [-0.25, -0.2) is 13.4 Å². The van der Waals surface area contributed by atoms with E-state index in [-0.39, 0.29) is 4.90 Å². The number of sulfonamides is 1. The van der Waals surface area contributed by atoms with Crippen molar-refractivity contribution >= 4 is 21.1 Å². The third-order valence-electron chi connectivity index (χ3n) is 4.42. The summed E-state index contributed by atoms with van der Waals surface area (Å²) in [5.74, 6) is 0.539. The second-order valence-corrected chi connectivity index (χ2v) is 7.85. The first kappa shape index (κ1) is 16.4. The Hall–Kier alpha value is -1.51. The second-order valence-electron chi connectivity index (χ2n) is 5.91. The molecule has 1 fully saturated rings. The van der Waals surface area contributed by atoms with Crippen molar-refractivity contribution in [2.24, 2.45) is 5.92 Å². The van der Waals surface area contributed by atoms with E-state index in [1.165, 1.54) is 6.20 Å². The molecule has 0 spiro atoms. The highest BCUT2D eigenvalue weighted by Gasteiger charge is 2.30. The van der Waals surface area contributed by atoms with Crippen molar-refractivity contribution in [2.45, 2.75) is 31.1 Å². The maximum atomic E-state index is 12.8. The molecule has 0 aromatic carbocycles. The van der Waals surface area contributed by atoms with E-state index < -0.39 is 10.0 Å². The fraction of sp³-hybridized carbons (Fsp3) is 0.600. The van der Waals surface area contributed by atoms with Crippen LogP contribution in [0.2, 0.25) is 0 Å². The average molecular weight is 338 g/mol. The van der Waals surface area contributed by atoms with Crippen molar-refractivity contribution in [3.05, 3.63) is 18.0 Å². The first-order chi connectivity index (χ1) is 11.1. The molecule has 0 aliphatic carbocycles. The molecule has 126 valence electrons. The van der Waals surface area contributed by atoms with Crippen molar-refractivity contribution < 1.29 is 12.9 Å². The number of piperidine rings is 1. The highest BCUT2D eigenvalue weighted by atomic mass is 32.2. The summed E-state index contributed by atoms with van der Waals surface area (Å²) in [4.78, 5) is 4.33. The summed E-state index contributed by atoms with van der Waals surface area (Å²) in [6.45, 7) is 3.99. The van der Waals surface area contributed by atoms with Crippen LogP contribution >= 0.6 is 0 Å². The Kier molecular flexibility index (Phi) is 4.65. The van der Waals surface area contributed by atoms with Gasteiger partial charge < -0.3 is 9.84 Å². The van der Waals surface area contributed by atoms with Crippen molar-refractivity contribution in [2.75, 3.05) is 26.7 Å². The topological polar surface area (TPSA) is 88.3 Å². The molecule has 2 aromatic rings. The van der Waals surface area contributed by atoms with Gasteiger partial charge in [-0.05, 0) is 44.8 Å². The second kappa shape index (κ2) is 6.54. The van der Waals surface area contributed by atoms with Crippen LogP contribution in [0.25, 0.3) is 11.1 Å². The van der Waals surface area contributed by atoms with Crippen molar-refractivity contribution in [1.82, 2.24) is 19.8 Å². The zero-order chi connectivity index (χ0) is 16.4. The summed E-state index contributed by atoms with van der Waals surface area (Å²) in [5.41, 5.74) is 1.12. The zero-order valence-electron chi connectivity index (χ0n) is 13.4. The SMILES string of the molecule is CCc1noc2ncc(S(=O)(=O)N3CCC(CNC)CC3)cc12. The summed E-state index contributed by atoms with van der Waals surface area (Å²) in [6, 6.07) is 1.63. The van der Waals surface area contributed by atoms with Gasteiger partial charge in [0.05, 0.1) is 17.3 Å². The predicted molar refractivity (Wildman–Crippen MR) is 86.6 cm³/mol. The number of aryl methyl sites for hydroxylation is 1. The van der Waals surface area contributed by atoms with Crippen LogP contribution in [0.3, 0.4) is 0 Å². The quantitative estimate of drug-likeness (QED) is 0.887. The minimum absolute atomic E-state index is 0.218. The number of nitrogens with zero attached hydrogens (tertiary/aromatic N) is 3. The van der Waals surface area contributed by atoms with E-state index >= 15 is 0 Å². The van der Waals surface area contributed by atoms with E-state index in [0.717, 1.165) is 25.1 Å². The first-order valence-electron chi connectivity index (χ1n) is 7.95. The molecule has 1 aliphatic rings. The normalized spacial score (nSPS) is 17.8. The number of hydrogen-bond acceptors (Lipinski definition) is 6. The maximum absolute atomic E-state index is 12.8. The van der Waals surface area contributed by atoms with Gasteiger partial charge >= 0.3 is 0 Å². The minimum atomic E-state index is -3.51. The molecule has 23 heavy (non-hydrogen) atoms. The van der Waals surface area contributed by atoms with E-state index in [0.29, 0.717) is 36.5 Å². The van der Waals surface area contributed by atoms with E-state index in [9.17, 15) is 8.42 Å². The number of rotatable bonds is 5. The van der Waals surface area contributed by atoms with Gasteiger partial charge in [0, 0.05) is 13.1 Å². The van der Waals surface area contributed by atoms with Crippen LogP contribution in [0.4, 0.5) is 0 Å². The maximum Gasteiger partial charge on any atom is 0.258 e. The number of nitrogens with one attached hydrogen (secondary N) is 1. The van der Waals surface area contributed by atoms with Gasteiger partial charge in [-0.3, -0.25) is 0 Å². The molecule has 7 nitrogen and oxygen atoms in total. The Balaban J connectivity index is 1.85. The lowest BCUT2D eigenvalue weighted by Crippen LogP contribution is -2.40. The van der Waals surface area contributed by atoms with Crippen LogP contribution in [-0.2, 0) is 16.4 Å². The smallest absolute Gasteiger partial charge is 0.258 e. The monoisotopic (exact) mass is 338 g/mol. The number of fused-ring (bicyclic) bond motifs is 1. The Morgan fingerprint density at radius 2 is 2.13 bits per heavy atom. The fourth-order valence-electron chi connectivity index (χ4n) is 3.05. The molecular weight excluding hydrogens is 316 g/mol. The van der Waals surface area contributed by atoms with Gasteiger partial charge in [0.25, 0.3) is 5.71 Å². The number of aromatic nitrogens is 2.